The van der Waals surface area contributed by atoms with Gasteiger partial charge in [-0.3, -0.25) is 14.9 Å². The number of hydrogen-bond donors (Lipinski definition) is 3. The molecule has 0 fully saturated rings. The summed E-state index contributed by atoms with van der Waals surface area (Å²) in [6.07, 6.45) is 0.0255. The van der Waals surface area contributed by atoms with Crippen LogP contribution in [-0.2, 0) is 9.59 Å². The van der Waals surface area contributed by atoms with Crippen LogP contribution < -0.4 is 16.0 Å². The first-order chi connectivity index (χ1) is 11.6. The Kier molecular flexibility index (Phi) is 4.56. The number of guanidine groups is 1. The molecule has 122 valence electrons. The highest BCUT2D eigenvalue weighted by molar-refractivity contribution is 6.09. The minimum Gasteiger partial charge on any atom is -0.326 e. The Hall–Kier alpha value is -3.15. The van der Waals surface area contributed by atoms with E-state index in [1.807, 2.05) is 61.5 Å². The minimum atomic E-state index is -0.758. The van der Waals surface area contributed by atoms with Crippen LogP contribution in [0.3, 0.4) is 0 Å². The van der Waals surface area contributed by atoms with E-state index >= 15 is 0 Å². The van der Waals surface area contributed by atoms with Gasteiger partial charge in [-0.1, -0.05) is 35.9 Å². The van der Waals surface area contributed by atoms with E-state index in [-0.39, 0.29) is 24.2 Å². The highest BCUT2D eigenvalue weighted by Crippen LogP contribution is 2.13. The van der Waals surface area contributed by atoms with Crippen LogP contribution in [0.25, 0.3) is 0 Å². The SMILES string of the molecule is Cc1ccc(NC(=O)C2CC(=O)NC(Nc3ccccc3)=N2)cc1. The van der Waals surface area contributed by atoms with Crippen molar-refractivity contribution in [2.45, 2.75) is 19.4 Å². The summed E-state index contributed by atoms with van der Waals surface area (Å²) < 4.78 is 0. The zero-order valence-electron chi connectivity index (χ0n) is 13.2. The Labute approximate surface area is 140 Å². The quantitative estimate of drug-likeness (QED) is 0.811. The van der Waals surface area contributed by atoms with E-state index in [1.54, 1.807) is 0 Å². The van der Waals surface area contributed by atoms with Gasteiger partial charge in [-0.2, -0.15) is 0 Å². The lowest BCUT2D eigenvalue weighted by molar-refractivity contribution is -0.124. The van der Waals surface area contributed by atoms with Crippen molar-refractivity contribution in [3.8, 4) is 0 Å². The molecule has 0 spiro atoms. The van der Waals surface area contributed by atoms with Crippen molar-refractivity contribution in [2.24, 2.45) is 4.99 Å². The molecule has 0 aliphatic carbocycles. The summed E-state index contributed by atoms with van der Waals surface area (Å²) in [6, 6.07) is 16.0. The summed E-state index contributed by atoms with van der Waals surface area (Å²) in [5.41, 5.74) is 2.58. The highest BCUT2D eigenvalue weighted by Gasteiger charge is 2.27. The van der Waals surface area contributed by atoms with E-state index in [4.69, 9.17) is 0 Å². The molecule has 2 aromatic carbocycles. The summed E-state index contributed by atoms with van der Waals surface area (Å²) in [5, 5.41) is 8.44. The molecule has 3 N–H and O–H groups in total. The molecule has 0 aromatic heterocycles. The Morgan fingerprint density at radius 1 is 1.08 bits per heavy atom. The standard InChI is InChI=1S/C18H18N4O2/c1-12-7-9-14(10-8-12)19-17(24)15-11-16(23)22-18(21-15)20-13-5-3-2-4-6-13/h2-10,15H,11H2,1H3,(H,19,24)(H2,20,21,22,23). The Morgan fingerprint density at radius 3 is 2.50 bits per heavy atom. The molecule has 2 amide bonds. The molecule has 0 radical (unpaired) electrons. The first-order valence-electron chi connectivity index (χ1n) is 7.67. The van der Waals surface area contributed by atoms with Gasteiger partial charge in [-0.05, 0) is 31.2 Å². The molecule has 1 unspecified atom stereocenters. The number of carbonyl (C=O) groups excluding carboxylic acids is 2. The van der Waals surface area contributed by atoms with Crippen molar-refractivity contribution >= 4 is 29.1 Å². The number of nitrogens with zero attached hydrogens (tertiary/aromatic N) is 1. The molecule has 3 rings (SSSR count). The van der Waals surface area contributed by atoms with Gasteiger partial charge in [0, 0.05) is 11.4 Å². The number of amides is 2. The predicted octanol–water partition coefficient (Wildman–Crippen LogP) is 2.29. The molecule has 6 nitrogen and oxygen atoms in total. The maximum atomic E-state index is 12.4. The lowest BCUT2D eigenvalue weighted by Crippen LogP contribution is -2.45. The van der Waals surface area contributed by atoms with Crippen LogP contribution >= 0.6 is 0 Å². The van der Waals surface area contributed by atoms with Crippen molar-refractivity contribution in [1.82, 2.24) is 5.32 Å². The molecule has 1 aliphatic rings. The third kappa shape index (κ3) is 3.98. The molecule has 6 heteroatoms. The maximum Gasteiger partial charge on any atom is 0.249 e. The van der Waals surface area contributed by atoms with E-state index in [2.05, 4.69) is 20.9 Å². The Balaban J connectivity index is 1.71. The number of aryl methyl sites for hydroxylation is 1. The number of hydrogen-bond acceptors (Lipinski definition) is 4. The fraction of sp³-hybridized carbons (Fsp3) is 0.167. The van der Waals surface area contributed by atoms with E-state index in [0.29, 0.717) is 5.69 Å². The number of nitrogens with one attached hydrogen (secondary N) is 3. The van der Waals surface area contributed by atoms with Gasteiger partial charge in [0.15, 0.2) is 0 Å². The number of para-hydroxylation sites is 1. The second-order valence-corrected chi connectivity index (χ2v) is 5.59. The smallest absolute Gasteiger partial charge is 0.249 e. The zero-order chi connectivity index (χ0) is 16.9. The normalized spacial score (nSPS) is 16.8. The van der Waals surface area contributed by atoms with Crippen molar-refractivity contribution in [3.63, 3.8) is 0 Å². The van der Waals surface area contributed by atoms with Crippen molar-refractivity contribution in [2.75, 3.05) is 10.6 Å². The van der Waals surface area contributed by atoms with E-state index < -0.39 is 6.04 Å². The molecule has 1 heterocycles. The van der Waals surface area contributed by atoms with Gasteiger partial charge in [-0.25, -0.2) is 4.99 Å². The lowest BCUT2D eigenvalue weighted by Gasteiger charge is -2.21. The van der Waals surface area contributed by atoms with Gasteiger partial charge in [0.25, 0.3) is 0 Å². The van der Waals surface area contributed by atoms with Gasteiger partial charge in [0.1, 0.15) is 6.04 Å². The van der Waals surface area contributed by atoms with Crippen LogP contribution in [0.5, 0.6) is 0 Å². The molecule has 1 aliphatic heterocycles. The first-order valence-corrected chi connectivity index (χ1v) is 7.67. The van der Waals surface area contributed by atoms with Crippen molar-refractivity contribution in [1.29, 1.82) is 0 Å². The van der Waals surface area contributed by atoms with Crippen LogP contribution in [-0.4, -0.2) is 23.8 Å². The molecule has 0 saturated heterocycles. The summed E-state index contributed by atoms with van der Waals surface area (Å²) in [6.45, 7) is 1.98. The van der Waals surface area contributed by atoms with Crippen LogP contribution in [0.15, 0.2) is 59.6 Å². The molecule has 24 heavy (non-hydrogen) atoms. The van der Waals surface area contributed by atoms with Gasteiger partial charge in [-0.15, -0.1) is 0 Å². The van der Waals surface area contributed by atoms with E-state index in [0.717, 1.165) is 11.3 Å². The van der Waals surface area contributed by atoms with Crippen LogP contribution in [0.2, 0.25) is 0 Å². The second kappa shape index (κ2) is 6.95. The number of benzene rings is 2. The lowest BCUT2D eigenvalue weighted by atomic mass is 10.1. The summed E-state index contributed by atoms with van der Waals surface area (Å²) >= 11 is 0. The molecular formula is C18H18N4O2. The van der Waals surface area contributed by atoms with Crippen LogP contribution in [0.4, 0.5) is 11.4 Å². The third-order valence-corrected chi connectivity index (χ3v) is 3.58. The van der Waals surface area contributed by atoms with Crippen LogP contribution in [0, 0.1) is 6.92 Å². The molecule has 2 aromatic rings. The number of carbonyl (C=O) groups is 2. The van der Waals surface area contributed by atoms with Crippen LogP contribution in [0.1, 0.15) is 12.0 Å². The Bertz CT molecular complexity index is 769. The minimum absolute atomic E-state index is 0.0255. The first kappa shape index (κ1) is 15.7. The number of anilines is 2. The topological polar surface area (TPSA) is 82.6 Å². The van der Waals surface area contributed by atoms with Gasteiger partial charge in [0.05, 0.1) is 6.42 Å². The average molecular weight is 322 g/mol. The molecular weight excluding hydrogens is 304 g/mol. The largest absolute Gasteiger partial charge is 0.326 e. The number of rotatable bonds is 3. The maximum absolute atomic E-state index is 12.4. The average Bonchev–Trinajstić information content (AvgIpc) is 2.57. The molecule has 0 saturated carbocycles. The molecule has 1 atom stereocenters. The third-order valence-electron chi connectivity index (χ3n) is 3.58. The second-order valence-electron chi connectivity index (χ2n) is 5.59. The summed E-state index contributed by atoms with van der Waals surface area (Å²) in [4.78, 5) is 28.5. The predicted molar refractivity (Wildman–Crippen MR) is 93.9 cm³/mol. The highest BCUT2D eigenvalue weighted by atomic mass is 16.2. The van der Waals surface area contributed by atoms with Gasteiger partial charge in [0.2, 0.25) is 17.8 Å². The fourth-order valence-corrected chi connectivity index (χ4v) is 2.33. The molecule has 0 bridgehead atoms. The van der Waals surface area contributed by atoms with Crippen molar-refractivity contribution < 1.29 is 9.59 Å². The number of aliphatic imine (C=N–C) groups is 1. The zero-order valence-corrected chi connectivity index (χ0v) is 13.2. The van der Waals surface area contributed by atoms with E-state index in [9.17, 15) is 9.59 Å². The monoisotopic (exact) mass is 322 g/mol. The van der Waals surface area contributed by atoms with Gasteiger partial charge >= 0.3 is 0 Å². The fourth-order valence-electron chi connectivity index (χ4n) is 2.33. The summed E-state index contributed by atoms with van der Waals surface area (Å²) in [7, 11) is 0. The summed E-state index contributed by atoms with van der Waals surface area (Å²) in [5.74, 6) is -0.268. The van der Waals surface area contributed by atoms with E-state index in [1.165, 1.54) is 0 Å². The Morgan fingerprint density at radius 2 is 1.79 bits per heavy atom. The van der Waals surface area contributed by atoms with Crippen molar-refractivity contribution in [3.05, 3.63) is 60.2 Å². The van der Waals surface area contributed by atoms with Gasteiger partial charge < -0.3 is 10.6 Å².